The Kier molecular flexibility index (Phi) is 9.10. The summed E-state index contributed by atoms with van der Waals surface area (Å²) in [6, 6.07) is 5.49. The molecule has 0 spiro atoms. The predicted molar refractivity (Wildman–Crippen MR) is 88.4 cm³/mol. The van der Waals surface area contributed by atoms with Gasteiger partial charge in [0.15, 0.2) is 0 Å². The van der Waals surface area contributed by atoms with E-state index in [0.717, 1.165) is 26.2 Å². The van der Waals surface area contributed by atoms with Crippen LogP contribution in [-0.2, 0) is 11.3 Å². The summed E-state index contributed by atoms with van der Waals surface area (Å²) in [4.78, 5) is 3.99. The van der Waals surface area contributed by atoms with Crippen molar-refractivity contribution >= 4 is 11.3 Å². The molecule has 0 amide bonds. The Labute approximate surface area is 128 Å². The average molecular weight is 298 g/mol. The van der Waals surface area contributed by atoms with Crippen molar-refractivity contribution in [1.82, 2.24) is 10.2 Å². The lowest BCUT2D eigenvalue weighted by atomic mass is 10.1. The number of rotatable bonds is 11. The summed E-state index contributed by atoms with van der Waals surface area (Å²) in [7, 11) is 1.78. The Morgan fingerprint density at radius 3 is 2.65 bits per heavy atom. The molecule has 1 unspecified atom stereocenters. The lowest BCUT2D eigenvalue weighted by Gasteiger charge is -2.35. The molecule has 1 N–H and O–H groups in total. The lowest BCUT2D eigenvalue weighted by Crippen LogP contribution is -2.47. The van der Waals surface area contributed by atoms with E-state index in [1.54, 1.807) is 7.11 Å². The Balaban J connectivity index is 2.42. The summed E-state index contributed by atoms with van der Waals surface area (Å²) in [6.07, 6.45) is 2.41. The third kappa shape index (κ3) is 5.92. The molecule has 0 aliphatic carbocycles. The summed E-state index contributed by atoms with van der Waals surface area (Å²) in [6.45, 7) is 10.7. The molecule has 20 heavy (non-hydrogen) atoms. The number of methoxy groups -OCH3 is 1. The highest BCUT2D eigenvalue weighted by atomic mass is 32.1. The predicted octanol–water partition coefficient (Wildman–Crippen LogP) is 3.36. The normalized spacial score (nSPS) is 13.3. The smallest absolute Gasteiger partial charge is 0.0589 e. The standard InChI is InChI=1S/C16H30N2OS/c1-5-15(6-2)18(9-10-19-4)14(3)12-17-13-16-8-7-11-20-16/h7-8,11,14-15,17H,5-6,9-10,12-13H2,1-4H3. The van der Waals surface area contributed by atoms with Crippen molar-refractivity contribution in [2.24, 2.45) is 0 Å². The van der Waals surface area contributed by atoms with Gasteiger partial charge >= 0.3 is 0 Å². The van der Waals surface area contributed by atoms with Gasteiger partial charge < -0.3 is 10.1 Å². The fraction of sp³-hybridized carbons (Fsp3) is 0.750. The minimum Gasteiger partial charge on any atom is -0.383 e. The third-order valence-corrected chi connectivity index (χ3v) is 4.73. The molecule has 1 atom stereocenters. The van der Waals surface area contributed by atoms with Crippen LogP contribution in [0.4, 0.5) is 0 Å². The van der Waals surface area contributed by atoms with Gasteiger partial charge in [-0.3, -0.25) is 4.90 Å². The van der Waals surface area contributed by atoms with Gasteiger partial charge in [-0.25, -0.2) is 0 Å². The number of nitrogens with one attached hydrogen (secondary N) is 1. The van der Waals surface area contributed by atoms with E-state index in [4.69, 9.17) is 4.74 Å². The molecule has 0 saturated carbocycles. The monoisotopic (exact) mass is 298 g/mol. The summed E-state index contributed by atoms with van der Waals surface area (Å²) < 4.78 is 5.26. The van der Waals surface area contributed by atoms with E-state index in [-0.39, 0.29) is 0 Å². The van der Waals surface area contributed by atoms with Crippen LogP contribution in [0, 0.1) is 0 Å². The van der Waals surface area contributed by atoms with Crippen molar-refractivity contribution in [3.8, 4) is 0 Å². The molecule has 0 bridgehead atoms. The maximum Gasteiger partial charge on any atom is 0.0589 e. The molecule has 1 heterocycles. The van der Waals surface area contributed by atoms with Crippen LogP contribution in [0.3, 0.4) is 0 Å². The molecule has 0 radical (unpaired) electrons. The molecular formula is C16H30N2OS. The van der Waals surface area contributed by atoms with Gasteiger partial charge in [0, 0.05) is 43.7 Å². The molecule has 1 aromatic rings. The molecular weight excluding hydrogens is 268 g/mol. The molecule has 116 valence electrons. The van der Waals surface area contributed by atoms with Gasteiger partial charge in [0.2, 0.25) is 0 Å². The molecule has 0 saturated heterocycles. The van der Waals surface area contributed by atoms with E-state index >= 15 is 0 Å². The van der Waals surface area contributed by atoms with Crippen LogP contribution in [0.5, 0.6) is 0 Å². The largest absolute Gasteiger partial charge is 0.383 e. The second-order valence-electron chi connectivity index (χ2n) is 5.26. The zero-order chi connectivity index (χ0) is 14.8. The zero-order valence-electron chi connectivity index (χ0n) is 13.4. The second-order valence-corrected chi connectivity index (χ2v) is 6.29. The lowest BCUT2D eigenvalue weighted by molar-refractivity contribution is 0.0850. The number of thiophene rings is 1. The molecule has 0 aliphatic heterocycles. The van der Waals surface area contributed by atoms with Crippen LogP contribution in [0.2, 0.25) is 0 Å². The molecule has 0 aliphatic rings. The van der Waals surface area contributed by atoms with E-state index in [9.17, 15) is 0 Å². The van der Waals surface area contributed by atoms with Gasteiger partial charge in [-0.05, 0) is 31.2 Å². The zero-order valence-corrected chi connectivity index (χ0v) is 14.2. The Morgan fingerprint density at radius 2 is 2.10 bits per heavy atom. The molecule has 0 fully saturated rings. The van der Waals surface area contributed by atoms with Crippen molar-refractivity contribution in [1.29, 1.82) is 0 Å². The highest BCUT2D eigenvalue weighted by Crippen LogP contribution is 2.13. The number of hydrogen-bond acceptors (Lipinski definition) is 4. The van der Waals surface area contributed by atoms with E-state index in [2.05, 4.69) is 48.5 Å². The molecule has 4 heteroatoms. The van der Waals surface area contributed by atoms with Crippen molar-refractivity contribution in [3.63, 3.8) is 0 Å². The third-order valence-electron chi connectivity index (χ3n) is 3.85. The van der Waals surface area contributed by atoms with E-state index in [1.807, 2.05) is 11.3 Å². The Morgan fingerprint density at radius 1 is 1.35 bits per heavy atom. The first-order valence-corrected chi connectivity index (χ1v) is 8.58. The van der Waals surface area contributed by atoms with Crippen LogP contribution in [-0.4, -0.2) is 43.8 Å². The van der Waals surface area contributed by atoms with Crippen LogP contribution in [0.1, 0.15) is 38.5 Å². The molecule has 1 rings (SSSR count). The van der Waals surface area contributed by atoms with Crippen molar-refractivity contribution in [3.05, 3.63) is 22.4 Å². The minimum atomic E-state index is 0.537. The maximum atomic E-state index is 5.26. The topological polar surface area (TPSA) is 24.5 Å². The minimum absolute atomic E-state index is 0.537. The van der Waals surface area contributed by atoms with Gasteiger partial charge in [0.05, 0.1) is 6.61 Å². The number of hydrogen-bond donors (Lipinski definition) is 1. The Hall–Kier alpha value is -0.420. The first-order chi connectivity index (χ1) is 9.72. The summed E-state index contributed by atoms with van der Waals surface area (Å²) in [5, 5.41) is 5.71. The fourth-order valence-electron chi connectivity index (χ4n) is 2.65. The van der Waals surface area contributed by atoms with Gasteiger partial charge in [-0.15, -0.1) is 11.3 Å². The van der Waals surface area contributed by atoms with Crippen LogP contribution >= 0.6 is 11.3 Å². The van der Waals surface area contributed by atoms with Crippen LogP contribution in [0.25, 0.3) is 0 Å². The molecule has 0 aromatic carbocycles. The maximum absolute atomic E-state index is 5.26. The van der Waals surface area contributed by atoms with E-state index < -0.39 is 0 Å². The summed E-state index contributed by atoms with van der Waals surface area (Å²) in [5.74, 6) is 0. The average Bonchev–Trinajstić information content (AvgIpc) is 2.96. The molecule has 3 nitrogen and oxygen atoms in total. The summed E-state index contributed by atoms with van der Waals surface area (Å²) in [5.41, 5.74) is 0. The second kappa shape index (κ2) is 10.3. The number of ether oxygens (including phenoxy) is 1. The van der Waals surface area contributed by atoms with Crippen molar-refractivity contribution in [2.45, 2.75) is 52.2 Å². The van der Waals surface area contributed by atoms with Crippen molar-refractivity contribution < 1.29 is 4.74 Å². The molecule has 1 aromatic heterocycles. The number of nitrogens with zero attached hydrogens (tertiary/aromatic N) is 1. The fourth-order valence-corrected chi connectivity index (χ4v) is 3.33. The van der Waals surface area contributed by atoms with Gasteiger partial charge in [-0.2, -0.15) is 0 Å². The first kappa shape index (κ1) is 17.6. The SMILES string of the molecule is CCC(CC)N(CCOC)C(C)CNCc1cccs1. The van der Waals surface area contributed by atoms with Gasteiger partial charge in [0.25, 0.3) is 0 Å². The van der Waals surface area contributed by atoms with E-state index in [0.29, 0.717) is 12.1 Å². The highest BCUT2D eigenvalue weighted by Gasteiger charge is 2.20. The van der Waals surface area contributed by atoms with Crippen LogP contribution in [0.15, 0.2) is 17.5 Å². The summed E-state index contributed by atoms with van der Waals surface area (Å²) >= 11 is 1.82. The Bertz CT molecular complexity index is 325. The quantitative estimate of drug-likeness (QED) is 0.678. The van der Waals surface area contributed by atoms with Gasteiger partial charge in [-0.1, -0.05) is 19.9 Å². The highest BCUT2D eigenvalue weighted by molar-refractivity contribution is 7.09. The van der Waals surface area contributed by atoms with Crippen molar-refractivity contribution in [2.75, 3.05) is 26.8 Å². The van der Waals surface area contributed by atoms with Gasteiger partial charge in [0.1, 0.15) is 0 Å². The van der Waals surface area contributed by atoms with E-state index in [1.165, 1.54) is 17.7 Å². The van der Waals surface area contributed by atoms with Crippen LogP contribution < -0.4 is 5.32 Å². The first-order valence-electron chi connectivity index (χ1n) is 7.70.